The second-order valence-corrected chi connectivity index (χ2v) is 3.97. The number of nitrogens with two attached hydrogens (primary N) is 1. The average molecular weight is 188 g/mol. The lowest BCUT2D eigenvalue weighted by molar-refractivity contribution is 0.0421. The van der Waals surface area contributed by atoms with Crippen LogP contribution in [0.5, 0.6) is 0 Å². The van der Waals surface area contributed by atoms with Crippen LogP contribution in [-0.4, -0.2) is 55.5 Å². The molecule has 13 heavy (non-hydrogen) atoms. The fourth-order valence-electron chi connectivity index (χ4n) is 1.79. The summed E-state index contributed by atoms with van der Waals surface area (Å²) >= 11 is 0. The Hall–Kier alpha value is -0.160. The zero-order valence-electron chi connectivity index (χ0n) is 8.44. The highest BCUT2D eigenvalue weighted by Crippen LogP contribution is 2.14. The number of rotatable bonds is 4. The van der Waals surface area contributed by atoms with Gasteiger partial charge in [0.25, 0.3) is 0 Å². The van der Waals surface area contributed by atoms with Gasteiger partial charge in [-0.1, -0.05) is 6.92 Å². The molecule has 1 saturated heterocycles. The maximum atomic E-state index is 9.47. The Morgan fingerprint density at radius 3 is 2.77 bits per heavy atom. The SMILES string of the molecule is COCC(O)CN1CC(C)C(N)C1. The fourth-order valence-corrected chi connectivity index (χ4v) is 1.79. The molecule has 0 spiro atoms. The standard InChI is InChI=1S/C9H20N2O2/c1-7-3-11(5-9(7)10)4-8(12)6-13-2/h7-9,12H,3-6,10H2,1-2H3. The molecular weight excluding hydrogens is 168 g/mol. The van der Waals surface area contributed by atoms with E-state index in [1.807, 2.05) is 0 Å². The summed E-state index contributed by atoms with van der Waals surface area (Å²) in [5, 5.41) is 9.47. The van der Waals surface area contributed by atoms with Gasteiger partial charge < -0.3 is 15.6 Å². The zero-order chi connectivity index (χ0) is 9.84. The number of hydrogen-bond acceptors (Lipinski definition) is 4. The lowest BCUT2D eigenvalue weighted by Gasteiger charge is -2.18. The maximum absolute atomic E-state index is 9.47. The first-order valence-electron chi connectivity index (χ1n) is 4.78. The molecule has 0 radical (unpaired) electrons. The van der Waals surface area contributed by atoms with Gasteiger partial charge in [0.2, 0.25) is 0 Å². The van der Waals surface area contributed by atoms with Crippen molar-refractivity contribution in [3.63, 3.8) is 0 Å². The van der Waals surface area contributed by atoms with Gasteiger partial charge in [-0.25, -0.2) is 0 Å². The highest BCUT2D eigenvalue weighted by atomic mass is 16.5. The Kier molecular flexibility index (Phi) is 4.12. The van der Waals surface area contributed by atoms with Crippen LogP contribution in [-0.2, 0) is 4.74 Å². The molecule has 1 rings (SSSR count). The van der Waals surface area contributed by atoms with E-state index in [0.29, 0.717) is 19.1 Å². The summed E-state index contributed by atoms with van der Waals surface area (Å²) in [6, 6.07) is 0.259. The van der Waals surface area contributed by atoms with Gasteiger partial charge in [-0.3, -0.25) is 4.90 Å². The monoisotopic (exact) mass is 188 g/mol. The number of likely N-dealkylation sites (tertiary alicyclic amines) is 1. The number of aliphatic hydroxyl groups excluding tert-OH is 1. The largest absolute Gasteiger partial charge is 0.389 e. The van der Waals surface area contributed by atoms with Crippen LogP contribution in [0.25, 0.3) is 0 Å². The van der Waals surface area contributed by atoms with Gasteiger partial charge in [-0.15, -0.1) is 0 Å². The molecule has 0 aliphatic carbocycles. The Bertz CT molecular complexity index is 145. The lowest BCUT2D eigenvalue weighted by atomic mass is 10.1. The van der Waals surface area contributed by atoms with Crippen LogP contribution in [0.3, 0.4) is 0 Å². The van der Waals surface area contributed by atoms with E-state index < -0.39 is 0 Å². The minimum Gasteiger partial charge on any atom is -0.389 e. The third-order valence-electron chi connectivity index (χ3n) is 2.57. The summed E-state index contributed by atoms with van der Waals surface area (Å²) in [6.45, 7) is 5.10. The van der Waals surface area contributed by atoms with Gasteiger partial charge in [0.05, 0.1) is 12.7 Å². The highest BCUT2D eigenvalue weighted by molar-refractivity contribution is 4.84. The molecule has 1 aliphatic heterocycles. The molecule has 3 N–H and O–H groups in total. The molecule has 3 atom stereocenters. The van der Waals surface area contributed by atoms with Crippen LogP contribution in [0, 0.1) is 5.92 Å². The molecule has 0 aromatic rings. The van der Waals surface area contributed by atoms with Crippen molar-refractivity contribution in [2.24, 2.45) is 11.7 Å². The zero-order valence-corrected chi connectivity index (χ0v) is 8.44. The first-order chi connectivity index (χ1) is 6.13. The van der Waals surface area contributed by atoms with E-state index in [1.165, 1.54) is 0 Å². The molecule has 4 nitrogen and oxygen atoms in total. The van der Waals surface area contributed by atoms with Crippen LogP contribution in [0.15, 0.2) is 0 Å². The molecule has 3 unspecified atom stereocenters. The first-order valence-corrected chi connectivity index (χ1v) is 4.78. The summed E-state index contributed by atoms with van der Waals surface area (Å²) in [6.07, 6.45) is -0.387. The molecule has 0 aromatic heterocycles. The predicted molar refractivity (Wildman–Crippen MR) is 51.5 cm³/mol. The summed E-state index contributed by atoms with van der Waals surface area (Å²) in [7, 11) is 1.60. The second kappa shape index (κ2) is 4.91. The Morgan fingerprint density at radius 1 is 1.62 bits per heavy atom. The van der Waals surface area contributed by atoms with Crippen molar-refractivity contribution in [2.45, 2.75) is 19.1 Å². The van der Waals surface area contributed by atoms with E-state index in [0.717, 1.165) is 13.1 Å². The second-order valence-electron chi connectivity index (χ2n) is 3.97. The number of aliphatic hydroxyl groups is 1. The van der Waals surface area contributed by atoms with Gasteiger partial charge in [0, 0.05) is 32.8 Å². The van der Waals surface area contributed by atoms with Crippen molar-refractivity contribution < 1.29 is 9.84 Å². The minimum atomic E-state index is -0.387. The fraction of sp³-hybridized carbons (Fsp3) is 1.00. The van der Waals surface area contributed by atoms with Crippen LogP contribution in [0.4, 0.5) is 0 Å². The normalized spacial score (nSPS) is 32.3. The molecule has 1 heterocycles. The molecule has 1 aliphatic rings. The third kappa shape index (κ3) is 3.23. The molecule has 78 valence electrons. The van der Waals surface area contributed by atoms with Crippen molar-refractivity contribution in [2.75, 3.05) is 33.4 Å². The first kappa shape index (κ1) is 10.9. The van der Waals surface area contributed by atoms with Gasteiger partial charge >= 0.3 is 0 Å². The molecule has 0 aromatic carbocycles. The van der Waals surface area contributed by atoms with Crippen LogP contribution < -0.4 is 5.73 Å². The van der Waals surface area contributed by atoms with E-state index in [-0.39, 0.29) is 12.1 Å². The van der Waals surface area contributed by atoms with Crippen LogP contribution in [0.2, 0.25) is 0 Å². The van der Waals surface area contributed by atoms with Crippen LogP contribution >= 0.6 is 0 Å². The molecule has 0 amide bonds. The Labute approximate surface area is 79.7 Å². The van der Waals surface area contributed by atoms with Gasteiger partial charge in [-0.05, 0) is 5.92 Å². The molecule has 4 heteroatoms. The number of β-amino-alcohol motifs (C(OH)–C–C–N with tert-alkyl or cyclic N) is 1. The van der Waals surface area contributed by atoms with E-state index in [9.17, 15) is 5.11 Å². The van der Waals surface area contributed by atoms with Crippen molar-refractivity contribution >= 4 is 0 Å². The highest BCUT2D eigenvalue weighted by Gasteiger charge is 2.27. The number of methoxy groups -OCH3 is 1. The van der Waals surface area contributed by atoms with E-state index in [4.69, 9.17) is 10.5 Å². The summed E-state index contributed by atoms with van der Waals surface area (Å²) in [5.41, 5.74) is 5.86. The number of hydrogen-bond donors (Lipinski definition) is 2. The molecular formula is C9H20N2O2. The quantitative estimate of drug-likeness (QED) is 0.611. The number of ether oxygens (including phenoxy) is 1. The number of nitrogens with zero attached hydrogens (tertiary/aromatic N) is 1. The summed E-state index contributed by atoms with van der Waals surface area (Å²) in [5.74, 6) is 0.537. The molecule has 0 bridgehead atoms. The van der Waals surface area contributed by atoms with Crippen molar-refractivity contribution in [1.82, 2.24) is 4.90 Å². The van der Waals surface area contributed by atoms with Crippen molar-refractivity contribution in [1.29, 1.82) is 0 Å². The third-order valence-corrected chi connectivity index (χ3v) is 2.57. The Morgan fingerprint density at radius 2 is 2.31 bits per heavy atom. The Balaban J connectivity index is 2.23. The topological polar surface area (TPSA) is 58.7 Å². The maximum Gasteiger partial charge on any atom is 0.0900 e. The minimum absolute atomic E-state index is 0.259. The average Bonchev–Trinajstić information content (AvgIpc) is 2.31. The van der Waals surface area contributed by atoms with Crippen LogP contribution in [0.1, 0.15) is 6.92 Å². The van der Waals surface area contributed by atoms with Crippen molar-refractivity contribution in [3.8, 4) is 0 Å². The molecule has 0 saturated carbocycles. The molecule has 1 fully saturated rings. The smallest absolute Gasteiger partial charge is 0.0900 e. The predicted octanol–water partition coefficient (Wildman–Crippen LogP) is -0.727. The van der Waals surface area contributed by atoms with Gasteiger partial charge in [0.1, 0.15) is 0 Å². The van der Waals surface area contributed by atoms with Crippen molar-refractivity contribution in [3.05, 3.63) is 0 Å². The van der Waals surface area contributed by atoms with Gasteiger partial charge in [0.15, 0.2) is 0 Å². The summed E-state index contributed by atoms with van der Waals surface area (Å²) in [4.78, 5) is 2.19. The van der Waals surface area contributed by atoms with E-state index in [2.05, 4.69) is 11.8 Å². The van der Waals surface area contributed by atoms with Gasteiger partial charge in [-0.2, -0.15) is 0 Å². The summed E-state index contributed by atoms with van der Waals surface area (Å²) < 4.78 is 4.86. The lowest BCUT2D eigenvalue weighted by Crippen LogP contribution is -2.35. The van der Waals surface area contributed by atoms with E-state index >= 15 is 0 Å². The van der Waals surface area contributed by atoms with E-state index in [1.54, 1.807) is 7.11 Å².